The maximum atomic E-state index is 13.3. The van der Waals surface area contributed by atoms with Crippen molar-refractivity contribution >= 4 is 82.8 Å². The number of nitrogens with one attached hydrogen (secondary N) is 3. The van der Waals surface area contributed by atoms with Crippen LogP contribution in [0.1, 0.15) is 0 Å². The lowest BCUT2D eigenvalue weighted by molar-refractivity contribution is 0.629. The average molecular weight is 876 g/mol. The molecular weight excluding hydrogens is 852 g/mol. The highest BCUT2D eigenvalue weighted by molar-refractivity contribution is 14.1. The zero-order chi connectivity index (χ0) is 35.5. The fourth-order valence-corrected chi connectivity index (χ4v) is 6.69. The summed E-state index contributed by atoms with van der Waals surface area (Å²) in [6.45, 7) is 0. The summed E-state index contributed by atoms with van der Waals surface area (Å²) in [5.41, 5.74) is 7.79. The molecule has 252 valence electrons. The monoisotopic (exact) mass is 874 g/mol. The van der Waals surface area contributed by atoms with Gasteiger partial charge < -0.3 is 0 Å². The number of rotatable bonds is 3. The first-order valence-electron chi connectivity index (χ1n) is 15.4. The summed E-state index contributed by atoms with van der Waals surface area (Å²) >= 11 is 11.6. The number of halogens is 6. The number of aromatic amines is 3. The molecule has 0 amide bonds. The standard InChI is InChI=1S/C19H12ClFN2.C13H8BrFN2.C7H4FIN2/c20-15-6-2-4-13(10-15)12-3-1-5-14(9-12)19-17-8-7-16(21)11-18(17)22-23-19;14-9-3-1-2-8(6-9)13-11-5-4-10(15)7-12(11)16-17-13;8-4-1-2-5-6(3-4)10-11-7(5)9/h1-11H,(H,22,23);1-7H,(H,16,17);1-3H,(H,10,11). The Morgan fingerprint density at radius 3 is 1.63 bits per heavy atom. The second-order valence-corrected chi connectivity index (χ2v) is 13.8. The highest BCUT2D eigenvalue weighted by atomic mass is 127. The molecule has 3 N–H and O–H groups in total. The van der Waals surface area contributed by atoms with Crippen LogP contribution in [-0.4, -0.2) is 30.6 Å². The second kappa shape index (κ2) is 15.1. The Hall–Kier alpha value is -4.98. The van der Waals surface area contributed by atoms with Crippen molar-refractivity contribution in [3.05, 3.63) is 158 Å². The Kier molecular flexibility index (Phi) is 10.2. The molecule has 0 saturated heterocycles. The average Bonchev–Trinajstić information content (AvgIpc) is 3.85. The van der Waals surface area contributed by atoms with Gasteiger partial charge in [-0.15, -0.1) is 0 Å². The van der Waals surface area contributed by atoms with Gasteiger partial charge >= 0.3 is 0 Å². The van der Waals surface area contributed by atoms with E-state index in [2.05, 4.69) is 75.2 Å². The largest absolute Gasteiger partial charge is 0.277 e. The number of H-pyrrole nitrogens is 3. The Bertz CT molecular complexity index is 2650. The maximum absolute atomic E-state index is 13.3. The molecule has 12 heteroatoms. The van der Waals surface area contributed by atoms with E-state index in [-0.39, 0.29) is 17.5 Å². The van der Waals surface area contributed by atoms with E-state index in [1.54, 1.807) is 18.2 Å². The third-order valence-electron chi connectivity index (χ3n) is 7.91. The molecule has 0 saturated carbocycles. The molecule has 0 bridgehead atoms. The van der Waals surface area contributed by atoms with E-state index in [9.17, 15) is 13.2 Å². The molecule has 9 rings (SSSR count). The molecular formula is C39H24BrClF3IN6. The molecule has 0 radical (unpaired) electrons. The van der Waals surface area contributed by atoms with Gasteiger partial charge in [0.25, 0.3) is 0 Å². The topological polar surface area (TPSA) is 86.0 Å². The minimum Gasteiger partial charge on any atom is -0.277 e. The van der Waals surface area contributed by atoms with Crippen LogP contribution in [0.4, 0.5) is 13.2 Å². The predicted octanol–water partition coefficient (Wildman–Crippen LogP) is 12.1. The number of fused-ring (bicyclic) bond motifs is 3. The predicted molar refractivity (Wildman–Crippen MR) is 210 cm³/mol. The van der Waals surface area contributed by atoms with Crippen LogP contribution in [0.15, 0.2) is 132 Å². The molecule has 6 nitrogen and oxygen atoms in total. The smallest absolute Gasteiger partial charge is 0.125 e. The minimum atomic E-state index is -0.277. The van der Waals surface area contributed by atoms with Crippen LogP contribution in [0.2, 0.25) is 5.02 Å². The Morgan fingerprint density at radius 1 is 0.510 bits per heavy atom. The molecule has 0 atom stereocenters. The van der Waals surface area contributed by atoms with Gasteiger partial charge in [-0.25, -0.2) is 13.2 Å². The van der Waals surface area contributed by atoms with Crippen molar-refractivity contribution in [2.45, 2.75) is 0 Å². The normalized spacial score (nSPS) is 10.9. The van der Waals surface area contributed by atoms with E-state index in [0.29, 0.717) is 21.6 Å². The lowest BCUT2D eigenvalue weighted by Gasteiger charge is -2.05. The summed E-state index contributed by atoms with van der Waals surface area (Å²) in [5.74, 6) is -0.789. The lowest BCUT2D eigenvalue weighted by atomic mass is 10.0. The molecule has 0 spiro atoms. The van der Waals surface area contributed by atoms with Crippen molar-refractivity contribution in [3.63, 3.8) is 0 Å². The summed E-state index contributed by atoms with van der Waals surface area (Å²) in [4.78, 5) is 0. The molecule has 0 fully saturated rings. The van der Waals surface area contributed by atoms with Crippen molar-refractivity contribution < 1.29 is 13.2 Å². The van der Waals surface area contributed by atoms with Gasteiger partial charge in [-0.1, -0.05) is 70.0 Å². The molecule has 0 aliphatic carbocycles. The van der Waals surface area contributed by atoms with Gasteiger partial charge in [0.15, 0.2) is 0 Å². The van der Waals surface area contributed by atoms with Gasteiger partial charge in [0.2, 0.25) is 0 Å². The van der Waals surface area contributed by atoms with Crippen molar-refractivity contribution in [3.8, 4) is 33.6 Å². The highest BCUT2D eigenvalue weighted by Crippen LogP contribution is 2.31. The summed E-state index contributed by atoms with van der Waals surface area (Å²) in [7, 11) is 0. The van der Waals surface area contributed by atoms with Crippen LogP contribution in [-0.2, 0) is 0 Å². The molecule has 6 aromatic carbocycles. The van der Waals surface area contributed by atoms with E-state index in [1.165, 1.54) is 36.4 Å². The van der Waals surface area contributed by atoms with Crippen molar-refractivity contribution in [1.29, 1.82) is 0 Å². The SMILES string of the molecule is Fc1ccc2c(-c3cccc(-c4cccc(Cl)c4)c3)n[nH]c2c1.Fc1ccc2c(-c3cccc(Br)c3)n[nH]c2c1.Fc1ccc2c(I)[nH]nc2c1. The maximum Gasteiger partial charge on any atom is 0.125 e. The van der Waals surface area contributed by atoms with Gasteiger partial charge in [-0.3, -0.25) is 15.3 Å². The van der Waals surface area contributed by atoms with Gasteiger partial charge in [-0.05, 0) is 113 Å². The summed E-state index contributed by atoms with van der Waals surface area (Å²) in [6, 6.07) is 37.5. The van der Waals surface area contributed by atoms with Crippen LogP contribution in [0.5, 0.6) is 0 Å². The molecule has 3 aromatic heterocycles. The summed E-state index contributed by atoms with van der Waals surface area (Å²) in [6.07, 6.45) is 0. The fourth-order valence-electron chi connectivity index (χ4n) is 5.53. The zero-order valence-corrected chi connectivity index (χ0v) is 30.7. The first kappa shape index (κ1) is 34.5. The van der Waals surface area contributed by atoms with Crippen LogP contribution in [0.3, 0.4) is 0 Å². The Morgan fingerprint density at radius 2 is 1.02 bits per heavy atom. The number of benzene rings is 6. The van der Waals surface area contributed by atoms with Crippen LogP contribution >= 0.6 is 50.1 Å². The van der Waals surface area contributed by atoms with Gasteiger partial charge in [-0.2, -0.15) is 15.3 Å². The van der Waals surface area contributed by atoms with E-state index >= 15 is 0 Å². The van der Waals surface area contributed by atoms with Crippen LogP contribution < -0.4 is 0 Å². The molecule has 0 aliphatic heterocycles. The highest BCUT2D eigenvalue weighted by Gasteiger charge is 2.11. The van der Waals surface area contributed by atoms with Gasteiger partial charge in [0.05, 0.1) is 27.9 Å². The first-order chi connectivity index (χ1) is 24.7. The zero-order valence-electron chi connectivity index (χ0n) is 26.2. The Labute approximate surface area is 316 Å². The van der Waals surface area contributed by atoms with Crippen molar-refractivity contribution in [2.75, 3.05) is 0 Å². The Balaban J connectivity index is 0.000000127. The quantitative estimate of drug-likeness (QED) is 0.155. The minimum absolute atomic E-state index is 0.250. The number of hydrogen-bond donors (Lipinski definition) is 3. The van der Waals surface area contributed by atoms with Crippen molar-refractivity contribution in [2.24, 2.45) is 0 Å². The van der Waals surface area contributed by atoms with E-state index in [1.807, 2.05) is 66.7 Å². The molecule has 0 unspecified atom stereocenters. The second-order valence-electron chi connectivity index (χ2n) is 11.3. The first-order valence-corrected chi connectivity index (χ1v) is 17.7. The van der Waals surface area contributed by atoms with E-state index in [0.717, 1.165) is 58.0 Å². The van der Waals surface area contributed by atoms with Gasteiger partial charge in [0, 0.05) is 42.8 Å². The molecule has 51 heavy (non-hydrogen) atoms. The third kappa shape index (κ3) is 7.85. The third-order valence-corrected chi connectivity index (χ3v) is 9.46. The lowest BCUT2D eigenvalue weighted by Crippen LogP contribution is -1.82. The van der Waals surface area contributed by atoms with Crippen molar-refractivity contribution in [1.82, 2.24) is 30.6 Å². The number of nitrogens with zero attached hydrogens (tertiary/aromatic N) is 3. The number of aromatic nitrogens is 6. The molecule has 0 aliphatic rings. The van der Waals surface area contributed by atoms with Gasteiger partial charge in [0.1, 0.15) is 21.2 Å². The van der Waals surface area contributed by atoms with E-state index < -0.39 is 0 Å². The van der Waals surface area contributed by atoms with E-state index in [4.69, 9.17) is 11.6 Å². The number of hydrogen-bond acceptors (Lipinski definition) is 3. The van der Waals surface area contributed by atoms with Crippen LogP contribution in [0, 0.1) is 21.2 Å². The fraction of sp³-hybridized carbons (Fsp3) is 0. The summed E-state index contributed by atoms with van der Waals surface area (Å²) < 4.78 is 40.9. The van der Waals surface area contributed by atoms with Crippen LogP contribution in [0.25, 0.3) is 66.4 Å². The molecule has 9 aromatic rings. The molecule has 3 heterocycles. The summed E-state index contributed by atoms with van der Waals surface area (Å²) in [5, 5.41) is 24.5.